The molecule has 7 nitrogen and oxygen atoms in total. The molecule has 2 rings (SSSR count). The van der Waals surface area contributed by atoms with Crippen molar-refractivity contribution in [3.8, 4) is 17.0 Å². The van der Waals surface area contributed by atoms with Crippen LogP contribution in [0, 0.1) is 10.1 Å². The Kier molecular flexibility index (Phi) is 3.56. The average molecular weight is 260 g/mol. The van der Waals surface area contributed by atoms with Crippen LogP contribution < -0.4 is 10.5 Å². The van der Waals surface area contributed by atoms with Crippen LogP contribution >= 0.6 is 0 Å². The van der Waals surface area contributed by atoms with Gasteiger partial charge in [0.05, 0.1) is 11.5 Å². The minimum atomic E-state index is -0.567. The van der Waals surface area contributed by atoms with Crippen LogP contribution in [0.1, 0.15) is 6.92 Å². The predicted octanol–water partition coefficient (Wildman–Crippen LogP) is 2.03. The molecule has 0 amide bonds. The molecule has 0 fully saturated rings. The summed E-state index contributed by atoms with van der Waals surface area (Å²) >= 11 is 0. The van der Waals surface area contributed by atoms with Crippen LogP contribution in [-0.4, -0.2) is 21.5 Å². The summed E-state index contributed by atoms with van der Waals surface area (Å²) in [4.78, 5) is 18.2. The number of hydrogen-bond donors (Lipinski definition) is 1. The molecule has 98 valence electrons. The maximum absolute atomic E-state index is 10.9. The Labute approximate surface area is 109 Å². The van der Waals surface area contributed by atoms with Crippen molar-refractivity contribution in [2.75, 3.05) is 12.3 Å². The van der Waals surface area contributed by atoms with Gasteiger partial charge in [-0.3, -0.25) is 10.1 Å². The Morgan fingerprint density at radius 2 is 2.26 bits per heavy atom. The summed E-state index contributed by atoms with van der Waals surface area (Å²) < 4.78 is 5.38. The van der Waals surface area contributed by atoms with Gasteiger partial charge in [-0.05, 0) is 19.1 Å². The zero-order valence-electron chi connectivity index (χ0n) is 10.2. The first-order chi connectivity index (χ1) is 9.13. The molecule has 0 saturated carbocycles. The molecule has 0 aliphatic carbocycles. The normalized spacial score (nSPS) is 10.2. The molecule has 0 bridgehead atoms. The van der Waals surface area contributed by atoms with Crippen molar-refractivity contribution in [2.45, 2.75) is 6.92 Å². The highest BCUT2D eigenvalue weighted by Crippen LogP contribution is 2.31. The van der Waals surface area contributed by atoms with Crippen LogP contribution in [0.4, 0.5) is 11.5 Å². The monoisotopic (exact) mass is 260 g/mol. The van der Waals surface area contributed by atoms with E-state index in [-0.39, 0.29) is 11.5 Å². The summed E-state index contributed by atoms with van der Waals surface area (Å²) in [5, 5.41) is 10.9. The fourth-order valence-electron chi connectivity index (χ4n) is 1.62. The molecule has 0 saturated heterocycles. The number of nitrogens with zero attached hydrogens (tertiary/aromatic N) is 3. The minimum absolute atomic E-state index is 0.115. The average Bonchev–Trinajstić information content (AvgIpc) is 2.40. The van der Waals surface area contributed by atoms with Crippen LogP contribution in [-0.2, 0) is 0 Å². The van der Waals surface area contributed by atoms with E-state index in [0.717, 1.165) is 0 Å². The van der Waals surface area contributed by atoms with Crippen LogP contribution in [0.25, 0.3) is 11.1 Å². The van der Waals surface area contributed by atoms with Gasteiger partial charge in [-0.2, -0.15) is 0 Å². The topological polar surface area (TPSA) is 104 Å². The fourth-order valence-corrected chi connectivity index (χ4v) is 1.62. The molecule has 0 unspecified atom stereocenters. The van der Waals surface area contributed by atoms with Gasteiger partial charge in [0.1, 0.15) is 0 Å². The van der Waals surface area contributed by atoms with Crippen LogP contribution in [0.3, 0.4) is 0 Å². The van der Waals surface area contributed by atoms with E-state index in [0.29, 0.717) is 23.6 Å². The third kappa shape index (κ3) is 2.59. The van der Waals surface area contributed by atoms with E-state index in [1.165, 1.54) is 12.3 Å². The second-order valence-corrected chi connectivity index (χ2v) is 3.67. The molecule has 2 heterocycles. The maximum Gasteiger partial charge on any atom is 0.311 e. The van der Waals surface area contributed by atoms with Crippen molar-refractivity contribution in [1.29, 1.82) is 0 Å². The molecular weight excluding hydrogens is 248 g/mol. The Bertz CT molecular complexity index is 616. The highest BCUT2D eigenvalue weighted by atomic mass is 16.6. The van der Waals surface area contributed by atoms with E-state index in [4.69, 9.17) is 10.5 Å². The quantitative estimate of drug-likeness (QED) is 0.666. The lowest BCUT2D eigenvalue weighted by Crippen LogP contribution is -2.00. The van der Waals surface area contributed by atoms with Gasteiger partial charge in [0.25, 0.3) is 0 Å². The standard InChI is InChI=1S/C12H12N4O3/c1-2-19-12-9(4-3-5-14-12)8-6-10(16(17)18)11(13)15-7-8/h3-7H,2H2,1H3,(H2,13,15). The van der Waals surface area contributed by atoms with Crippen molar-refractivity contribution < 1.29 is 9.66 Å². The molecule has 0 spiro atoms. The number of nitrogen functional groups attached to an aromatic ring is 1. The lowest BCUT2D eigenvalue weighted by atomic mass is 10.1. The summed E-state index contributed by atoms with van der Waals surface area (Å²) in [5.41, 5.74) is 6.41. The number of hydrogen-bond acceptors (Lipinski definition) is 6. The van der Waals surface area contributed by atoms with Crippen molar-refractivity contribution in [2.24, 2.45) is 0 Å². The van der Waals surface area contributed by atoms with Crippen LogP contribution in [0.15, 0.2) is 30.6 Å². The molecule has 19 heavy (non-hydrogen) atoms. The first kappa shape index (κ1) is 12.7. The smallest absolute Gasteiger partial charge is 0.311 e. The van der Waals surface area contributed by atoms with Crippen molar-refractivity contribution in [1.82, 2.24) is 9.97 Å². The number of nitro groups is 1. The summed E-state index contributed by atoms with van der Waals surface area (Å²) in [6.45, 7) is 2.29. The Hall–Kier alpha value is -2.70. The van der Waals surface area contributed by atoms with Gasteiger partial charge in [0.15, 0.2) is 0 Å². The first-order valence-corrected chi connectivity index (χ1v) is 5.61. The van der Waals surface area contributed by atoms with E-state index in [9.17, 15) is 10.1 Å². The van der Waals surface area contributed by atoms with Gasteiger partial charge in [-0.15, -0.1) is 0 Å². The third-order valence-electron chi connectivity index (χ3n) is 2.46. The number of anilines is 1. The Balaban J connectivity index is 2.53. The number of aromatic nitrogens is 2. The van der Waals surface area contributed by atoms with E-state index < -0.39 is 4.92 Å². The van der Waals surface area contributed by atoms with Gasteiger partial charge in [0, 0.05) is 29.6 Å². The van der Waals surface area contributed by atoms with Gasteiger partial charge in [-0.1, -0.05) is 0 Å². The molecule has 2 aromatic heterocycles. The Morgan fingerprint density at radius 1 is 1.47 bits per heavy atom. The summed E-state index contributed by atoms with van der Waals surface area (Å²) in [6.07, 6.45) is 3.05. The third-order valence-corrected chi connectivity index (χ3v) is 2.46. The van der Waals surface area contributed by atoms with Crippen molar-refractivity contribution >= 4 is 11.5 Å². The zero-order chi connectivity index (χ0) is 13.8. The summed E-state index contributed by atoms with van der Waals surface area (Å²) in [5.74, 6) is 0.293. The Morgan fingerprint density at radius 3 is 2.95 bits per heavy atom. The molecular formula is C12H12N4O3. The minimum Gasteiger partial charge on any atom is -0.478 e. The van der Waals surface area contributed by atoms with Crippen LogP contribution in [0.2, 0.25) is 0 Å². The molecule has 0 radical (unpaired) electrons. The van der Waals surface area contributed by atoms with Crippen LogP contribution in [0.5, 0.6) is 5.88 Å². The molecule has 2 N–H and O–H groups in total. The second-order valence-electron chi connectivity index (χ2n) is 3.67. The zero-order valence-corrected chi connectivity index (χ0v) is 10.2. The maximum atomic E-state index is 10.9. The largest absolute Gasteiger partial charge is 0.478 e. The molecule has 0 aliphatic heterocycles. The van der Waals surface area contributed by atoms with E-state index in [2.05, 4.69) is 9.97 Å². The van der Waals surface area contributed by atoms with E-state index in [1.54, 1.807) is 18.3 Å². The number of rotatable bonds is 4. The predicted molar refractivity (Wildman–Crippen MR) is 69.7 cm³/mol. The summed E-state index contributed by atoms with van der Waals surface area (Å²) in [7, 11) is 0. The van der Waals surface area contributed by atoms with E-state index >= 15 is 0 Å². The van der Waals surface area contributed by atoms with Gasteiger partial charge < -0.3 is 10.5 Å². The summed E-state index contributed by atoms with van der Waals surface area (Å²) in [6, 6.07) is 4.84. The molecule has 2 aromatic rings. The number of nitrogens with two attached hydrogens (primary N) is 1. The lowest BCUT2D eigenvalue weighted by Gasteiger charge is -2.08. The van der Waals surface area contributed by atoms with E-state index in [1.807, 2.05) is 6.92 Å². The van der Waals surface area contributed by atoms with Crippen molar-refractivity contribution in [3.05, 3.63) is 40.7 Å². The first-order valence-electron chi connectivity index (χ1n) is 5.61. The van der Waals surface area contributed by atoms with Gasteiger partial charge in [-0.25, -0.2) is 9.97 Å². The molecule has 0 aliphatic rings. The number of pyridine rings is 2. The fraction of sp³-hybridized carbons (Fsp3) is 0.167. The molecule has 7 heteroatoms. The highest BCUT2D eigenvalue weighted by Gasteiger charge is 2.16. The van der Waals surface area contributed by atoms with Gasteiger partial charge >= 0.3 is 5.69 Å². The second kappa shape index (κ2) is 5.30. The molecule has 0 aromatic carbocycles. The number of ether oxygens (including phenoxy) is 1. The highest BCUT2D eigenvalue weighted by molar-refractivity contribution is 5.72. The van der Waals surface area contributed by atoms with Gasteiger partial charge in [0.2, 0.25) is 11.7 Å². The SMILES string of the molecule is CCOc1ncccc1-c1cnc(N)c([N+](=O)[O-])c1. The lowest BCUT2D eigenvalue weighted by molar-refractivity contribution is -0.384. The molecule has 0 atom stereocenters. The van der Waals surface area contributed by atoms with Crippen molar-refractivity contribution in [3.63, 3.8) is 0 Å².